The first-order chi connectivity index (χ1) is 39.2. The Balaban J connectivity index is 1.27. The molecule has 0 amide bonds. The molecule has 8 aromatic carbocycles. The van der Waals surface area contributed by atoms with Crippen LogP contribution in [0.3, 0.4) is 0 Å². The number of aromatic hydroxyl groups is 3. The van der Waals surface area contributed by atoms with Crippen molar-refractivity contribution in [3.05, 3.63) is 103 Å². The van der Waals surface area contributed by atoms with Gasteiger partial charge in [0.05, 0.1) is 32.9 Å². The summed E-state index contributed by atoms with van der Waals surface area (Å²) in [5, 5.41) is 69.1. The SMILES string of the molecule is Nc1c(N=Nc2ccc3c(O)c(N=Nc4cccc(O[PH](=O)O)c4)c(S(=O)(=O)O)cc3c2S(=O)(=O)O)cc(S(=O)(=O)O)c2cc(S(=O)(=O)O)c(N=Nc3ccc4cc(S(=O)(=O)O)c(/N=N\c5ccc(S(=O)(=O)O)cc5C(=O)O)c(O)c4c3)c(O)c12. The van der Waals surface area contributed by atoms with Crippen LogP contribution in [0.5, 0.6) is 23.0 Å². The number of aromatic carboxylic acids is 1. The van der Waals surface area contributed by atoms with Crippen LogP contribution in [0.25, 0.3) is 32.3 Å². The third-order valence-electron chi connectivity index (χ3n) is 11.5. The van der Waals surface area contributed by atoms with E-state index < -0.39 is 200 Å². The van der Waals surface area contributed by atoms with Gasteiger partial charge >= 0.3 is 14.2 Å². The number of carboxylic acids is 1. The first kappa shape index (κ1) is 62.1. The molecule has 0 heterocycles. The maximum atomic E-state index is 13.0. The van der Waals surface area contributed by atoms with Gasteiger partial charge in [0.1, 0.15) is 64.4 Å². The van der Waals surface area contributed by atoms with Gasteiger partial charge in [-0.05, 0) is 84.2 Å². The quantitative estimate of drug-likeness (QED) is 0.0176. The molecule has 8 rings (SSSR count). The van der Waals surface area contributed by atoms with Crippen LogP contribution in [-0.2, 0) is 65.3 Å². The number of rotatable bonds is 17. The third-order valence-corrected chi connectivity index (χ3v) is 17.2. The number of anilines is 1. The first-order valence-corrected chi connectivity index (χ1v) is 31.8. The highest BCUT2D eigenvalue weighted by Gasteiger charge is 2.31. The third kappa shape index (κ3) is 12.9. The minimum atomic E-state index is -5.67. The van der Waals surface area contributed by atoms with E-state index in [2.05, 4.69) is 40.9 Å². The molecule has 13 N–H and O–H groups in total. The molecule has 0 fully saturated rings. The summed E-state index contributed by atoms with van der Waals surface area (Å²) in [6.45, 7) is 0. The number of nitrogen functional groups attached to an aromatic ring is 1. The number of phenolic OH excluding ortho intramolecular Hbond substituents is 3. The van der Waals surface area contributed by atoms with Crippen molar-refractivity contribution >= 4 is 158 Å². The summed E-state index contributed by atoms with van der Waals surface area (Å²) in [4.78, 5) is 13.5. The second-order valence-corrected chi connectivity index (χ2v) is 25.9. The maximum Gasteiger partial charge on any atom is 0.365 e. The molecule has 0 bridgehead atoms. The number of nitrogens with zero attached hydrogens (tertiary/aromatic N) is 8. The largest absolute Gasteiger partial charge is 0.505 e. The molecule has 42 heteroatoms. The highest BCUT2D eigenvalue weighted by atomic mass is 32.2. The van der Waals surface area contributed by atoms with Crippen LogP contribution >= 0.6 is 8.25 Å². The van der Waals surface area contributed by atoms with Gasteiger partial charge in [0.2, 0.25) is 0 Å². The summed E-state index contributed by atoms with van der Waals surface area (Å²) in [6, 6.07) is 12.9. The Morgan fingerprint density at radius 3 is 1.52 bits per heavy atom. The van der Waals surface area contributed by atoms with Crippen LogP contribution < -0.4 is 10.3 Å². The van der Waals surface area contributed by atoms with E-state index in [1.165, 1.54) is 18.2 Å². The topological polar surface area (TPSA) is 596 Å². The highest BCUT2D eigenvalue weighted by molar-refractivity contribution is 7.87. The summed E-state index contributed by atoms with van der Waals surface area (Å²) in [6.07, 6.45) is 0. The van der Waals surface area contributed by atoms with E-state index in [4.69, 9.17) is 15.2 Å². The van der Waals surface area contributed by atoms with Crippen molar-refractivity contribution < 1.29 is 117 Å². The Labute approximate surface area is 474 Å². The normalized spacial score (nSPS) is 13.5. The molecule has 0 aliphatic rings. The number of carboxylic acid groups (broad SMARTS) is 1. The molecule has 8 aromatic rings. The molecular weight excluding hydrogens is 1280 g/mol. The van der Waals surface area contributed by atoms with Gasteiger partial charge in [-0.3, -0.25) is 27.3 Å². The average molecular weight is 1310 g/mol. The molecule has 35 nitrogen and oxygen atoms in total. The molecule has 85 heavy (non-hydrogen) atoms. The van der Waals surface area contributed by atoms with E-state index in [0.29, 0.717) is 36.4 Å². The van der Waals surface area contributed by atoms with Crippen LogP contribution in [0.1, 0.15) is 10.4 Å². The molecule has 444 valence electrons. The Morgan fingerprint density at radius 1 is 0.459 bits per heavy atom. The zero-order chi connectivity index (χ0) is 62.8. The number of hydrogen-bond donors (Lipinski definition) is 12. The predicted octanol–water partition coefficient (Wildman–Crippen LogP) is 8.45. The minimum absolute atomic E-state index is 0.184. The van der Waals surface area contributed by atoms with Gasteiger partial charge in [0.25, 0.3) is 60.7 Å². The molecule has 0 saturated carbocycles. The Morgan fingerprint density at radius 2 is 0.965 bits per heavy atom. The van der Waals surface area contributed by atoms with Crippen LogP contribution in [0.15, 0.2) is 167 Å². The summed E-state index contributed by atoms with van der Waals surface area (Å²) < 4.78 is 228. The van der Waals surface area contributed by atoms with Crippen molar-refractivity contribution in [1.29, 1.82) is 0 Å². The number of benzene rings is 8. The summed E-state index contributed by atoms with van der Waals surface area (Å²) in [7, 11) is -36.3. The lowest BCUT2D eigenvalue weighted by Crippen LogP contribution is -2.04. The first-order valence-electron chi connectivity index (χ1n) is 21.9. The molecule has 0 aliphatic heterocycles. The van der Waals surface area contributed by atoms with Crippen molar-refractivity contribution in [3.63, 3.8) is 0 Å². The van der Waals surface area contributed by atoms with E-state index in [-0.39, 0.29) is 16.8 Å². The Kier molecular flexibility index (Phi) is 16.3. The van der Waals surface area contributed by atoms with E-state index in [1.54, 1.807) is 0 Å². The average Bonchev–Trinajstić information content (AvgIpc) is 3.47. The lowest BCUT2D eigenvalue weighted by atomic mass is 10.0. The smallest absolute Gasteiger partial charge is 0.365 e. The standard InChI is InChI=1S/C43H30N9O26PS6/c44-35-29(49-48-28-9-7-22-24(42(28)85(75,76)77)14-32(83(69,70)71)37(39(22)53)50-45-18-2-1-3-20(11-18)78-79(58)59)16-30(81(63,64)65)26-15-33(84(72,73)74)38(41(55)34(26)35)51-46-19-5-4-17-10-31(82(66,67)68)36(40(54)23(17)12-19)52-47-27-8-6-21(80(60,61)62)13-25(27)43(56)57/h1-16,53-55,79H,44H2,(H,56,57)(H,58,59)(H,60,61,62)(H,63,64,65)(H,66,67,68)(H,69,70,71)(H,72,73,74)(H,75,76,77)/b49-48?,50-45?,51-46?,52-47-. The molecular formula is C43H30N9O26PS6. The predicted molar refractivity (Wildman–Crippen MR) is 289 cm³/mol. The fourth-order valence-electron chi connectivity index (χ4n) is 7.88. The highest BCUT2D eigenvalue weighted by Crippen LogP contribution is 2.51. The van der Waals surface area contributed by atoms with E-state index in [1.807, 2.05) is 0 Å². The van der Waals surface area contributed by atoms with Gasteiger partial charge in [-0.2, -0.15) is 60.7 Å². The van der Waals surface area contributed by atoms with Crippen molar-refractivity contribution in [2.45, 2.75) is 29.4 Å². The number of carbonyl (C=O) groups is 1. The minimum Gasteiger partial charge on any atom is -0.505 e. The van der Waals surface area contributed by atoms with E-state index >= 15 is 0 Å². The zero-order valence-electron chi connectivity index (χ0n) is 40.9. The van der Waals surface area contributed by atoms with E-state index in [9.17, 15) is 108 Å². The number of phenols is 3. The lowest BCUT2D eigenvalue weighted by Gasteiger charge is -2.15. The second-order valence-electron chi connectivity index (χ2n) is 16.9. The van der Waals surface area contributed by atoms with Crippen molar-refractivity contribution in [2.75, 3.05) is 5.73 Å². The Hall–Kier alpha value is -8.94. The van der Waals surface area contributed by atoms with Crippen LogP contribution in [0.4, 0.5) is 51.2 Å². The van der Waals surface area contributed by atoms with Gasteiger partial charge < -0.3 is 35.6 Å². The Bertz CT molecular complexity index is 5160. The molecule has 0 spiro atoms. The fourth-order valence-corrected chi connectivity index (χ4v) is 12.2. The summed E-state index contributed by atoms with van der Waals surface area (Å²) in [5.74, 6) is -5.85. The lowest BCUT2D eigenvalue weighted by molar-refractivity contribution is 0.0697. The molecule has 0 aliphatic carbocycles. The van der Waals surface area contributed by atoms with Crippen LogP contribution in [-0.4, -0.2) is 109 Å². The van der Waals surface area contributed by atoms with Crippen molar-refractivity contribution in [2.24, 2.45) is 40.9 Å². The molecule has 0 radical (unpaired) electrons. The van der Waals surface area contributed by atoms with Crippen molar-refractivity contribution in [3.8, 4) is 23.0 Å². The van der Waals surface area contributed by atoms with Gasteiger partial charge in [0, 0.05) is 27.6 Å². The number of fused-ring (bicyclic) bond motifs is 3. The van der Waals surface area contributed by atoms with Gasteiger partial charge in [-0.15, -0.1) is 30.7 Å². The van der Waals surface area contributed by atoms with Gasteiger partial charge in [-0.1, -0.05) is 12.1 Å². The summed E-state index contributed by atoms with van der Waals surface area (Å²) >= 11 is 0. The molecule has 1 atom stereocenters. The van der Waals surface area contributed by atoms with Crippen molar-refractivity contribution in [1.82, 2.24) is 0 Å². The zero-order valence-corrected chi connectivity index (χ0v) is 46.8. The number of hydrogen-bond acceptors (Lipinski definition) is 27. The number of azo groups is 4. The maximum absolute atomic E-state index is 13.0. The van der Waals surface area contributed by atoms with Gasteiger partial charge in [-0.25, -0.2) is 9.36 Å². The molecule has 0 aromatic heterocycles. The molecule has 1 unspecified atom stereocenters. The number of nitrogens with two attached hydrogens (primary N) is 1. The second kappa shape index (κ2) is 22.2. The van der Waals surface area contributed by atoms with E-state index in [0.717, 1.165) is 42.5 Å². The summed E-state index contributed by atoms with van der Waals surface area (Å²) in [5.41, 5.74) is -2.16. The molecule has 0 saturated heterocycles. The van der Waals surface area contributed by atoms with Crippen LogP contribution in [0, 0.1) is 0 Å². The van der Waals surface area contributed by atoms with Gasteiger partial charge in [0.15, 0.2) is 17.2 Å². The van der Waals surface area contributed by atoms with Crippen LogP contribution in [0.2, 0.25) is 0 Å². The fraction of sp³-hybridized carbons (Fsp3) is 0. The monoisotopic (exact) mass is 1310 g/mol.